The van der Waals surface area contributed by atoms with Crippen LogP contribution in [0.25, 0.3) is 0 Å². The molecule has 15 heavy (non-hydrogen) atoms. The second kappa shape index (κ2) is 3.97. The topological polar surface area (TPSA) is 20.2 Å². The van der Waals surface area contributed by atoms with E-state index in [0.29, 0.717) is 0 Å². The van der Waals surface area contributed by atoms with Crippen molar-refractivity contribution in [3.05, 3.63) is 34.9 Å². The Morgan fingerprint density at radius 2 is 1.87 bits per heavy atom. The largest absolute Gasteiger partial charge is 0.390 e. The number of hydrogen-bond donors (Lipinski definition) is 1. The maximum Gasteiger partial charge on any atom is 0.0688 e. The molecular weight excluding hydrogens is 184 g/mol. The van der Waals surface area contributed by atoms with Gasteiger partial charge in [-0.3, -0.25) is 0 Å². The van der Waals surface area contributed by atoms with Gasteiger partial charge in [-0.1, -0.05) is 36.6 Å². The monoisotopic (exact) mass is 204 g/mol. The predicted molar refractivity (Wildman–Crippen MR) is 63.0 cm³/mol. The summed E-state index contributed by atoms with van der Waals surface area (Å²) >= 11 is 0. The summed E-state index contributed by atoms with van der Waals surface area (Å²) < 4.78 is 0. The van der Waals surface area contributed by atoms with Gasteiger partial charge in [-0.25, -0.2) is 0 Å². The fourth-order valence-electron chi connectivity index (χ4n) is 2.56. The molecule has 2 rings (SSSR count). The molecule has 1 saturated carbocycles. The molecule has 0 radical (unpaired) electrons. The summed E-state index contributed by atoms with van der Waals surface area (Å²) in [6.45, 7) is 4.24. The van der Waals surface area contributed by atoms with E-state index in [1.807, 2.05) is 0 Å². The van der Waals surface area contributed by atoms with Crippen LogP contribution >= 0.6 is 0 Å². The van der Waals surface area contributed by atoms with E-state index in [2.05, 4.69) is 32.0 Å². The van der Waals surface area contributed by atoms with Crippen LogP contribution in [-0.4, -0.2) is 10.7 Å². The average Bonchev–Trinajstić information content (AvgIpc) is 2.59. The van der Waals surface area contributed by atoms with Gasteiger partial charge in [0.2, 0.25) is 0 Å². The highest BCUT2D eigenvalue weighted by atomic mass is 16.3. The minimum absolute atomic E-state index is 0.418. The van der Waals surface area contributed by atoms with Gasteiger partial charge in [0.1, 0.15) is 0 Å². The lowest BCUT2D eigenvalue weighted by atomic mass is 9.90. The molecular formula is C14H20O. The highest BCUT2D eigenvalue weighted by molar-refractivity contribution is 5.31. The third-order valence-electron chi connectivity index (χ3n) is 3.56. The van der Waals surface area contributed by atoms with Gasteiger partial charge in [0.25, 0.3) is 0 Å². The van der Waals surface area contributed by atoms with E-state index in [4.69, 9.17) is 0 Å². The third-order valence-corrected chi connectivity index (χ3v) is 3.56. The lowest BCUT2D eigenvalue weighted by molar-refractivity contribution is 0.0480. The SMILES string of the molecule is Cc1ccc(C)c(CC2(O)CCCC2)c1. The second-order valence-corrected chi connectivity index (χ2v) is 5.04. The average molecular weight is 204 g/mol. The van der Waals surface area contributed by atoms with Gasteiger partial charge in [0.15, 0.2) is 0 Å². The predicted octanol–water partition coefficient (Wildman–Crippen LogP) is 3.15. The normalized spacial score (nSPS) is 19.4. The first-order chi connectivity index (χ1) is 7.09. The summed E-state index contributed by atoms with van der Waals surface area (Å²) in [6, 6.07) is 6.51. The van der Waals surface area contributed by atoms with Crippen LogP contribution in [0.15, 0.2) is 18.2 Å². The van der Waals surface area contributed by atoms with E-state index in [0.717, 1.165) is 19.3 Å². The number of benzene rings is 1. The van der Waals surface area contributed by atoms with Crippen LogP contribution in [0.2, 0.25) is 0 Å². The fourth-order valence-corrected chi connectivity index (χ4v) is 2.56. The smallest absolute Gasteiger partial charge is 0.0688 e. The number of rotatable bonds is 2. The fraction of sp³-hybridized carbons (Fsp3) is 0.571. The van der Waals surface area contributed by atoms with E-state index < -0.39 is 5.60 Å². The van der Waals surface area contributed by atoms with Gasteiger partial charge in [0.05, 0.1) is 5.60 Å². The molecule has 1 aliphatic carbocycles. The van der Waals surface area contributed by atoms with Gasteiger partial charge in [-0.05, 0) is 37.8 Å². The molecule has 1 nitrogen and oxygen atoms in total. The number of aliphatic hydroxyl groups is 1. The van der Waals surface area contributed by atoms with Crippen LogP contribution in [0.5, 0.6) is 0 Å². The zero-order valence-electron chi connectivity index (χ0n) is 9.71. The molecule has 1 aromatic carbocycles. The Morgan fingerprint density at radius 3 is 2.53 bits per heavy atom. The molecule has 0 unspecified atom stereocenters. The molecule has 0 amide bonds. The highest BCUT2D eigenvalue weighted by Crippen LogP contribution is 2.33. The molecule has 0 aromatic heterocycles. The van der Waals surface area contributed by atoms with E-state index in [9.17, 15) is 5.11 Å². The number of aryl methyl sites for hydroxylation is 2. The molecule has 1 heteroatoms. The van der Waals surface area contributed by atoms with Crippen LogP contribution < -0.4 is 0 Å². The van der Waals surface area contributed by atoms with Crippen LogP contribution in [0.1, 0.15) is 42.4 Å². The van der Waals surface area contributed by atoms with E-state index in [1.165, 1.54) is 29.5 Å². The Labute approximate surface area is 92.1 Å². The van der Waals surface area contributed by atoms with E-state index >= 15 is 0 Å². The van der Waals surface area contributed by atoms with Crippen molar-refractivity contribution in [2.45, 2.75) is 51.6 Å². The standard InChI is InChI=1S/C14H20O/c1-11-5-6-12(2)13(9-11)10-14(15)7-3-4-8-14/h5-6,9,15H,3-4,7-8,10H2,1-2H3. The molecule has 1 fully saturated rings. The van der Waals surface area contributed by atoms with Crippen molar-refractivity contribution in [2.24, 2.45) is 0 Å². The van der Waals surface area contributed by atoms with Crippen LogP contribution in [0, 0.1) is 13.8 Å². The molecule has 82 valence electrons. The Morgan fingerprint density at radius 1 is 1.20 bits per heavy atom. The summed E-state index contributed by atoms with van der Waals surface area (Å²) in [6.07, 6.45) is 5.14. The maximum atomic E-state index is 10.4. The van der Waals surface area contributed by atoms with Crippen molar-refractivity contribution in [1.29, 1.82) is 0 Å². The minimum Gasteiger partial charge on any atom is -0.390 e. The Balaban J connectivity index is 2.19. The third kappa shape index (κ3) is 2.40. The molecule has 1 aliphatic rings. The van der Waals surface area contributed by atoms with Crippen molar-refractivity contribution in [1.82, 2.24) is 0 Å². The molecule has 1 N–H and O–H groups in total. The molecule has 0 heterocycles. The zero-order valence-corrected chi connectivity index (χ0v) is 9.71. The molecule has 0 aliphatic heterocycles. The van der Waals surface area contributed by atoms with Crippen molar-refractivity contribution >= 4 is 0 Å². The Hall–Kier alpha value is -0.820. The summed E-state index contributed by atoms with van der Waals surface area (Å²) in [5.41, 5.74) is 3.50. The summed E-state index contributed by atoms with van der Waals surface area (Å²) in [7, 11) is 0. The summed E-state index contributed by atoms with van der Waals surface area (Å²) in [5, 5.41) is 10.4. The van der Waals surface area contributed by atoms with Gasteiger partial charge in [-0.2, -0.15) is 0 Å². The lowest BCUT2D eigenvalue weighted by Crippen LogP contribution is -2.27. The molecule has 0 atom stereocenters. The molecule has 0 spiro atoms. The van der Waals surface area contributed by atoms with Crippen LogP contribution in [-0.2, 0) is 6.42 Å². The first-order valence-electron chi connectivity index (χ1n) is 5.88. The van der Waals surface area contributed by atoms with Gasteiger partial charge >= 0.3 is 0 Å². The summed E-state index contributed by atoms with van der Waals surface area (Å²) in [4.78, 5) is 0. The quantitative estimate of drug-likeness (QED) is 0.784. The van der Waals surface area contributed by atoms with Crippen LogP contribution in [0.4, 0.5) is 0 Å². The van der Waals surface area contributed by atoms with Crippen molar-refractivity contribution in [3.63, 3.8) is 0 Å². The van der Waals surface area contributed by atoms with Crippen molar-refractivity contribution < 1.29 is 5.11 Å². The highest BCUT2D eigenvalue weighted by Gasteiger charge is 2.31. The van der Waals surface area contributed by atoms with E-state index in [1.54, 1.807) is 0 Å². The van der Waals surface area contributed by atoms with Gasteiger partial charge in [-0.15, -0.1) is 0 Å². The Kier molecular flexibility index (Phi) is 2.83. The lowest BCUT2D eigenvalue weighted by Gasteiger charge is -2.23. The van der Waals surface area contributed by atoms with Crippen molar-refractivity contribution in [3.8, 4) is 0 Å². The number of hydrogen-bond acceptors (Lipinski definition) is 1. The maximum absolute atomic E-state index is 10.4. The first-order valence-corrected chi connectivity index (χ1v) is 5.88. The van der Waals surface area contributed by atoms with Crippen molar-refractivity contribution in [2.75, 3.05) is 0 Å². The van der Waals surface area contributed by atoms with E-state index in [-0.39, 0.29) is 0 Å². The summed E-state index contributed by atoms with van der Waals surface area (Å²) in [5.74, 6) is 0. The van der Waals surface area contributed by atoms with Gasteiger partial charge in [0, 0.05) is 6.42 Å². The first kappa shape index (κ1) is 10.7. The van der Waals surface area contributed by atoms with Gasteiger partial charge < -0.3 is 5.11 Å². The molecule has 0 bridgehead atoms. The zero-order chi connectivity index (χ0) is 10.9. The second-order valence-electron chi connectivity index (χ2n) is 5.04. The van der Waals surface area contributed by atoms with Crippen LogP contribution in [0.3, 0.4) is 0 Å². The molecule has 1 aromatic rings. The minimum atomic E-state index is -0.418. The molecule has 0 saturated heterocycles. The Bertz CT molecular complexity index is 348.